The lowest BCUT2D eigenvalue weighted by Gasteiger charge is -2.30. The number of carbonyl (C=O) groups is 1. The Kier molecular flexibility index (Phi) is 9.69. The highest BCUT2D eigenvalue weighted by atomic mass is 19.4. The topological polar surface area (TPSA) is 43.8 Å². The second-order valence-corrected chi connectivity index (χ2v) is 11.5. The molecule has 4 rings (SSSR count). The van der Waals surface area contributed by atoms with Crippen LogP contribution in [0.4, 0.5) is 13.2 Å². The van der Waals surface area contributed by atoms with Crippen molar-refractivity contribution in [3.63, 3.8) is 0 Å². The van der Waals surface area contributed by atoms with E-state index < -0.39 is 17.8 Å². The Hall–Kier alpha value is -3.16. The van der Waals surface area contributed by atoms with Gasteiger partial charge in [-0.05, 0) is 54.5 Å². The van der Waals surface area contributed by atoms with Crippen molar-refractivity contribution in [1.82, 2.24) is 9.80 Å². The van der Waals surface area contributed by atoms with Crippen LogP contribution in [0, 0.1) is 18.8 Å². The molecule has 3 aromatic rings. The number of β-amino-alcohol motifs (C(OH)–C–C–N with tert-alkyl or cyclic N) is 1. The largest absolute Gasteiger partial charge is 0.416 e. The number of amides is 1. The van der Waals surface area contributed by atoms with Gasteiger partial charge in [-0.15, -0.1) is 0 Å². The number of aryl methyl sites for hydroxylation is 1. The van der Waals surface area contributed by atoms with Gasteiger partial charge in [-0.2, -0.15) is 13.2 Å². The molecule has 0 spiro atoms. The number of hydrogen-bond acceptors (Lipinski definition) is 3. The molecule has 3 aromatic carbocycles. The number of benzene rings is 3. The maximum Gasteiger partial charge on any atom is 0.416 e. The summed E-state index contributed by atoms with van der Waals surface area (Å²) in [5.74, 6) is -0.127. The van der Waals surface area contributed by atoms with Crippen LogP contribution in [0.25, 0.3) is 0 Å². The van der Waals surface area contributed by atoms with Crippen molar-refractivity contribution in [3.8, 4) is 0 Å². The second-order valence-electron chi connectivity index (χ2n) is 11.5. The Labute approximate surface area is 235 Å². The number of hydrogen-bond donors (Lipinski definition) is 1. The van der Waals surface area contributed by atoms with Gasteiger partial charge >= 0.3 is 6.18 Å². The summed E-state index contributed by atoms with van der Waals surface area (Å²) in [5, 5.41) is 10.9. The quantitative estimate of drug-likeness (QED) is 0.315. The molecule has 1 N–H and O–H groups in total. The van der Waals surface area contributed by atoms with Crippen molar-refractivity contribution in [3.05, 3.63) is 107 Å². The van der Waals surface area contributed by atoms with Crippen molar-refractivity contribution in [1.29, 1.82) is 0 Å². The summed E-state index contributed by atoms with van der Waals surface area (Å²) in [4.78, 5) is 17.6. The van der Waals surface area contributed by atoms with Crippen molar-refractivity contribution in [2.24, 2.45) is 11.8 Å². The summed E-state index contributed by atoms with van der Waals surface area (Å²) in [6.45, 7) is 8.58. The van der Waals surface area contributed by atoms with E-state index in [1.807, 2.05) is 66.4 Å². The van der Waals surface area contributed by atoms with Crippen LogP contribution in [0.1, 0.15) is 52.4 Å². The lowest BCUT2D eigenvalue weighted by atomic mass is 9.87. The first-order valence-corrected chi connectivity index (χ1v) is 14.0. The molecule has 0 radical (unpaired) electrons. The zero-order chi connectivity index (χ0) is 28.9. The van der Waals surface area contributed by atoms with Gasteiger partial charge in [0.15, 0.2) is 0 Å². The maximum absolute atomic E-state index is 13.6. The number of aliphatic hydroxyl groups excluding tert-OH is 1. The summed E-state index contributed by atoms with van der Waals surface area (Å²) in [5.41, 5.74) is 2.66. The monoisotopic (exact) mass is 552 g/mol. The standard InChI is InChI=1S/C33H39F3N2O2/c1-23(2)18-38(32(40)26-14-12-24(3)13-15-26)20-28-19-37(21-30(39)16-25-8-5-4-6-9-25)22-31(28)27-10-7-11-29(17-27)33(34,35)36/h4-15,17,23,28,30-31,39H,16,18-22H2,1-3H3. The van der Waals surface area contributed by atoms with Gasteiger partial charge in [0.2, 0.25) is 0 Å². The Morgan fingerprint density at radius 1 is 1.00 bits per heavy atom. The van der Waals surface area contributed by atoms with E-state index in [1.165, 1.54) is 12.1 Å². The van der Waals surface area contributed by atoms with Crippen molar-refractivity contribution in [2.45, 2.75) is 45.4 Å². The van der Waals surface area contributed by atoms with E-state index in [0.29, 0.717) is 50.3 Å². The zero-order valence-electron chi connectivity index (χ0n) is 23.4. The molecule has 1 saturated heterocycles. The zero-order valence-corrected chi connectivity index (χ0v) is 23.4. The van der Waals surface area contributed by atoms with Crippen LogP contribution in [-0.4, -0.2) is 59.6 Å². The normalized spacial score (nSPS) is 18.7. The summed E-state index contributed by atoms with van der Waals surface area (Å²) in [7, 11) is 0. The first-order chi connectivity index (χ1) is 19.0. The summed E-state index contributed by atoms with van der Waals surface area (Å²) >= 11 is 0. The number of likely N-dealkylation sites (tertiary alicyclic amines) is 1. The molecule has 1 aliphatic rings. The van der Waals surface area contributed by atoms with Crippen LogP contribution in [-0.2, 0) is 12.6 Å². The predicted octanol–water partition coefficient (Wildman–Crippen LogP) is 6.43. The smallest absolute Gasteiger partial charge is 0.391 e. The van der Waals surface area contributed by atoms with Gasteiger partial charge < -0.3 is 10.0 Å². The third kappa shape index (κ3) is 7.95. The third-order valence-electron chi connectivity index (χ3n) is 7.57. The minimum Gasteiger partial charge on any atom is -0.391 e. The molecule has 1 aliphatic heterocycles. The van der Waals surface area contributed by atoms with E-state index in [2.05, 4.69) is 18.7 Å². The number of carbonyl (C=O) groups excluding carboxylic acids is 1. The molecule has 4 nitrogen and oxygen atoms in total. The van der Waals surface area contributed by atoms with Crippen LogP contribution in [0.5, 0.6) is 0 Å². The van der Waals surface area contributed by atoms with Gasteiger partial charge in [-0.25, -0.2) is 0 Å². The number of halogens is 3. The highest BCUT2D eigenvalue weighted by Crippen LogP contribution is 2.37. The Morgan fingerprint density at radius 2 is 1.70 bits per heavy atom. The first kappa shape index (κ1) is 29.8. The molecule has 1 heterocycles. The molecule has 0 saturated carbocycles. The number of alkyl halides is 3. The van der Waals surface area contributed by atoms with Crippen LogP contribution in [0.2, 0.25) is 0 Å². The molecule has 3 unspecified atom stereocenters. The number of rotatable bonds is 10. The highest BCUT2D eigenvalue weighted by Gasteiger charge is 2.38. The second kappa shape index (κ2) is 13.0. The minimum absolute atomic E-state index is 0.0703. The third-order valence-corrected chi connectivity index (χ3v) is 7.57. The first-order valence-electron chi connectivity index (χ1n) is 14.0. The molecule has 0 aliphatic carbocycles. The number of aliphatic hydroxyl groups is 1. The van der Waals surface area contributed by atoms with E-state index in [-0.39, 0.29) is 23.7 Å². The van der Waals surface area contributed by atoms with E-state index >= 15 is 0 Å². The van der Waals surface area contributed by atoms with Gasteiger partial charge in [-0.1, -0.05) is 80.1 Å². The molecule has 7 heteroatoms. The summed E-state index contributed by atoms with van der Waals surface area (Å²) in [6, 6.07) is 22.8. The fourth-order valence-electron chi connectivity index (χ4n) is 5.71. The predicted molar refractivity (Wildman–Crippen MR) is 152 cm³/mol. The minimum atomic E-state index is -4.43. The maximum atomic E-state index is 13.6. The van der Waals surface area contributed by atoms with Crippen molar-refractivity contribution in [2.75, 3.05) is 32.7 Å². The molecule has 1 fully saturated rings. The molecule has 214 valence electrons. The fraction of sp³-hybridized carbons (Fsp3) is 0.424. The highest BCUT2D eigenvalue weighted by molar-refractivity contribution is 5.94. The average molecular weight is 553 g/mol. The van der Waals surface area contributed by atoms with E-state index in [0.717, 1.165) is 17.2 Å². The fourth-order valence-corrected chi connectivity index (χ4v) is 5.71. The van der Waals surface area contributed by atoms with Gasteiger partial charge in [0.05, 0.1) is 11.7 Å². The Morgan fingerprint density at radius 3 is 2.35 bits per heavy atom. The molecule has 3 atom stereocenters. The Balaban J connectivity index is 1.58. The van der Waals surface area contributed by atoms with Gasteiger partial charge in [0.1, 0.15) is 0 Å². The molecule has 1 amide bonds. The Bertz CT molecular complexity index is 1240. The molecule has 40 heavy (non-hydrogen) atoms. The van der Waals surface area contributed by atoms with E-state index in [1.54, 1.807) is 6.07 Å². The van der Waals surface area contributed by atoms with Gasteiger partial charge in [0.25, 0.3) is 5.91 Å². The van der Waals surface area contributed by atoms with E-state index in [9.17, 15) is 23.1 Å². The molecule has 0 aromatic heterocycles. The van der Waals surface area contributed by atoms with Crippen LogP contribution >= 0.6 is 0 Å². The SMILES string of the molecule is Cc1ccc(C(=O)N(CC(C)C)CC2CN(CC(O)Cc3ccccc3)CC2c2cccc(C(F)(F)F)c2)cc1. The van der Waals surface area contributed by atoms with Crippen molar-refractivity contribution >= 4 is 5.91 Å². The van der Waals surface area contributed by atoms with Gasteiger partial charge in [0, 0.05) is 44.2 Å². The lowest BCUT2D eigenvalue weighted by molar-refractivity contribution is -0.137. The molecular weight excluding hydrogens is 513 g/mol. The van der Waals surface area contributed by atoms with Crippen molar-refractivity contribution < 1.29 is 23.1 Å². The van der Waals surface area contributed by atoms with E-state index in [4.69, 9.17) is 0 Å². The number of nitrogens with zero attached hydrogens (tertiary/aromatic N) is 2. The summed E-state index contributed by atoms with van der Waals surface area (Å²) < 4.78 is 40.8. The summed E-state index contributed by atoms with van der Waals surface area (Å²) in [6.07, 6.45) is -4.54. The van der Waals surface area contributed by atoms with Crippen LogP contribution < -0.4 is 0 Å². The van der Waals surface area contributed by atoms with Crippen LogP contribution in [0.3, 0.4) is 0 Å². The molecular formula is C33H39F3N2O2. The van der Waals surface area contributed by atoms with Gasteiger partial charge in [-0.3, -0.25) is 9.69 Å². The lowest BCUT2D eigenvalue weighted by Crippen LogP contribution is -2.40. The van der Waals surface area contributed by atoms with Crippen LogP contribution in [0.15, 0.2) is 78.9 Å². The average Bonchev–Trinajstić information content (AvgIpc) is 3.30. The molecule has 0 bridgehead atoms.